The Bertz CT molecular complexity index is 457. The molecule has 86 valence electrons. The van der Waals surface area contributed by atoms with Gasteiger partial charge >= 0.3 is 0 Å². The first-order valence-corrected chi connectivity index (χ1v) is 6.07. The summed E-state index contributed by atoms with van der Waals surface area (Å²) in [4.78, 5) is 0. The van der Waals surface area contributed by atoms with E-state index in [2.05, 4.69) is 54.2 Å². The first-order chi connectivity index (χ1) is 7.81. The molecule has 0 saturated heterocycles. The van der Waals surface area contributed by atoms with Crippen LogP contribution in [0.1, 0.15) is 18.9 Å². The van der Waals surface area contributed by atoms with Crippen LogP contribution in [0.15, 0.2) is 30.5 Å². The molecule has 2 aromatic rings. The topological polar surface area (TPSA) is 17.0 Å². The number of nitrogens with one attached hydrogen (secondary N) is 1. The van der Waals surface area contributed by atoms with Crippen molar-refractivity contribution in [1.82, 2.24) is 9.88 Å². The van der Waals surface area contributed by atoms with E-state index >= 15 is 0 Å². The third kappa shape index (κ3) is 2.45. The zero-order valence-corrected chi connectivity index (χ0v) is 10.2. The Morgan fingerprint density at radius 3 is 2.88 bits per heavy atom. The van der Waals surface area contributed by atoms with E-state index in [1.54, 1.807) is 0 Å². The molecule has 2 nitrogen and oxygen atoms in total. The second kappa shape index (κ2) is 5.17. The number of fused-ring (bicyclic) bond motifs is 1. The fourth-order valence-electron chi connectivity index (χ4n) is 2.02. The molecule has 1 aromatic carbocycles. The molecule has 0 aliphatic carbocycles. The molecule has 0 fully saturated rings. The summed E-state index contributed by atoms with van der Waals surface area (Å²) >= 11 is 0. The minimum Gasteiger partial charge on any atom is -0.346 e. The van der Waals surface area contributed by atoms with Crippen LogP contribution < -0.4 is 5.32 Å². The zero-order chi connectivity index (χ0) is 11.4. The molecule has 1 heterocycles. The van der Waals surface area contributed by atoms with Crippen molar-refractivity contribution in [2.75, 3.05) is 13.1 Å². The number of hydrogen-bond acceptors (Lipinski definition) is 1. The van der Waals surface area contributed by atoms with Crippen LogP contribution in [0.4, 0.5) is 0 Å². The van der Waals surface area contributed by atoms with Crippen molar-refractivity contribution in [2.24, 2.45) is 0 Å². The fraction of sp³-hybridized carbons (Fsp3) is 0.429. The van der Waals surface area contributed by atoms with Crippen LogP contribution in [-0.2, 0) is 6.54 Å². The molecule has 0 aliphatic rings. The van der Waals surface area contributed by atoms with Gasteiger partial charge in [0.05, 0.1) is 0 Å². The number of nitrogens with zero attached hydrogens (tertiary/aromatic N) is 1. The molecule has 0 amide bonds. The molecule has 0 saturated carbocycles. The molecule has 1 aromatic heterocycles. The first-order valence-electron chi connectivity index (χ1n) is 6.07. The minimum atomic E-state index is 1.05. The molecular formula is C14H20N2. The van der Waals surface area contributed by atoms with E-state index in [0.717, 1.165) is 19.6 Å². The maximum atomic E-state index is 3.43. The largest absolute Gasteiger partial charge is 0.346 e. The van der Waals surface area contributed by atoms with Crippen LogP contribution >= 0.6 is 0 Å². The number of hydrogen-bond donors (Lipinski definition) is 1. The predicted molar refractivity (Wildman–Crippen MR) is 69.8 cm³/mol. The van der Waals surface area contributed by atoms with Gasteiger partial charge in [0.2, 0.25) is 0 Å². The zero-order valence-electron chi connectivity index (χ0n) is 10.2. The van der Waals surface area contributed by atoms with Gasteiger partial charge in [-0.2, -0.15) is 0 Å². The first kappa shape index (κ1) is 11.2. The Morgan fingerprint density at radius 1 is 1.19 bits per heavy atom. The second-order valence-corrected chi connectivity index (χ2v) is 4.32. The highest BCUT2D eigenvalue weighted by atomic mass is 15.0. The molecule has 0 bridgehead atoms. The average molecular weight is 216 g/mol. The van der Waals surface area contributed by atoms with Gasteiger partial charge < -0.3 is 9.88 Å². The molecule has 2 rings (SSSR count). The maximum Gasteiger partial charge on any atom is 0.0480 e. The summed E-state index contributed by atoms with van der Waals surface area (Å²) < 4.78 is 2.32. The van der Waals surface area contributed by atoms with Gasteiger partial charge in [-0.25, -0.2) is 0 Å². The van der Waals surface area contributed by atoms with Gasteiger partial charge in [0.25, 0.3) is 0 Å². The van der Waals surface area contributed by atoms with Crippen LogP contribution in [0.2, 0.25) is 0 Å². The Hall–Kier alpha value is -1.28. The summed E-state index contributed by atoms with van der Waals surface area (Å²) in [5, 5.41) is 4.77. The number of aryl methyl sites for hydroxylation is 1. The van der Waals surface area contributed by atoms with Crippen molar-refractivity contribution in [1.29, 1.82) is 0 Å². The van der Waals surface area contributed by atoms with Crippen LogP contribution in [-0.4, -0.2) is 17.7 Å². The second-order valence-electron chi connectivity index (χ2n) is 4.32. The summed E-state index contributed by atoms with van der Waals surface area (Å²) in [6.07, 6.45) is 3.38. The van der Waals surface area contributed by atoms with Crippen LogP contribution in [0.25, 0.3) is 10.9 Å². The van der Waals surface area contributed by atoms with E-state index in [1.165, 1.54) is 22.9 Å². The normalized spacial score (nSPS) is 11.1. The van der Waals surface area contributed by atoms with Gasteiger partial charge in [-0.15, -0.1) is 0 Å². The standard InChI is InChI=1S/C14H20N2/c1-3-7-15-8-10-16-9-6-13-11-12(2)4-5-14(13)16/h4-6,9,11,15H,3,7-8,10H2,1-2H3. The van der Waals surface area contributed by atoms with Crippen LogP contribution in [0.3, 0.4) is 0 Å². The Balaban J connectivity index is 2.07. The fourth-order valence-corrected chi connectivity index (χ4v) is 2.02. The third-order valence-electron chi connectivity index (χ3n) is 2.88. The molecule has 2 heteroatoms. The summed E-state index contributed by atoms with van der Waals surface area (Å²) in [6.45, 7) is 7.54. The Labute approximate surface area is 97.3 Å². The van der Waals surface area contributed by atoms with Crippen molar-refractivity contribution < 1.29 is 0 Å². The van der Waals surface area contributed by atoms with Gasteiger partial charge in [0.1, 0.15) is 0 Å². The van der Waals surface area contributed by atoms with Gasteiger partial charge in [0.15, 0.2) is 0 Å². The smallest absolute Gasteiger partial charge is 0.0480 e. The lowest BCUT2D eigenvalue weighted by Gasteiger charge is -2.06. The lowest BCUT2D eigenvalue weighted by Crippen LogP contribution is -2.20. The van der Waals surface area contributed by atoms with Crippen LogP contribution in [0.5, 0.6) is 0 Å². The summed E-state index contributed by atoms with van der Waals surface area (Å²) in [5.74, 6) is 0. The summed E-state index contributed by atoms with van der Waals surface area (Å²) in [6, 6.07) is 8.83. The molecular weight excluding hydrogens is 196 g/mol. The highest BCUT2D eigenvalue weighted by Crippen LogP contribution is 2.16. The molecule has 0 spiro atoms. The van der Waals surface area contributed by atoms with Gasteiger partial charge in [-0.3, -0.25) is 0 Å². The van der Waals surface area contributed by atoms with Gasteiger partial charge in [-0.1, -0.05) is 18.6 Å². The maximum absolute atomic E-state index is 3.43. The predicted octanol–water partition coefficient (Wildman–Crippen LogP) is 2.95. The lowest BCUT2D eigenvalue weighted by atomic mass is 10.2. The highest BCUT2D eigenvalue weighted by Gasteiger charge is 1.99. The molecule has 0 atom stereocenters. The van der Waals surface area contributed by atoms with Crippen molar-refractivity contribution in [3.8, 4) is 0 Å². The van der Waals surface area contributed by atoms with Crippen LogP contribution in [0, 0.1) is 6.92 Å². The number of aromatic nitrogens is 1. The van der Waals surface area contributed by atoms with E-state index in [9.17, 15) is 0 Å². The Kier molecular flexibility index (Phi) is 3.62. The quantitative estimate of drug-likeness (QED) is 0.760. The van der Waals surface area contributed by atoms with E-state index in [-0.39, 0.29) is 0 Å². The SMILES string of the molecule is CCCNCCn1ccc2cc(C)ccc21. The summed E-state index contributed by atoms with van der Waals surface area (Å²) in [7, 11) is 0. The van der Waals surface area contributed by atoms with E-state index < -0.39 is 0 Å². The minimum absolute atomic E-state index is 1.05. The van der Waals surface area contributed by atoms with Crippen molar-refractivity contribution in [3.05, 3.63) is 36.0 Å². The lowest BCUT2D eigenvalue weighted by molar-refractivity contribution is 0.604. The average Bonchev–Trinajstić information content (AvgIpc) is 2.67. The van der Waals surface area contributed by atoms with Crippen molar-refractivity contribution in [3.63, 3.8) is 0 Å². The Morgan fingerprint density at radius 2 is 2.06 bits per heavy atom. The molecule has 16 heavy (non-hydrogen) atoms. The summed E-state index contributed by atoms with van der Waals surface area (Å²) in [5.41, 5.74) is 2.67. The van der Waals surface area contributed by atoms with E-state index in [4.69, 9.17) is 0 Å². The number of rotatable bonds is 5. The van der Waals surface area contributed by atoms with E-state index in [1.807, 2.05) is 0 Å². The molecule has 0 radical (unpaired) electrons. The molecule has 1 N–H and O–H groups in total. The number of benzene rings is 1. The molecule has 0 unspecified atom stereocenters. The monoisotopic (exact) mass is 216 g/mol. The van der Waals surface area contributed by atoms with Gasteiger partial charge in [0, 0.05) is 24.8 Å². The molecule has 0 aliphatic heterocycles. The van der Waals surface area contributed by atoms with Crippen molar-refractivity contribution in [2.45, 2.75) is 26.8 Å². The third-order valence-corrected chi connectivity index (χ3v) is 2.88. The van der Waals surface area contributed by atoms with Crippen molar-refractivity contribution >= 4 is 10.9 Å². The van der Waals surface area contributed by atoms with Gasteiger partial charge in [-0.05, 0) is 43.5 Å². The van der Waals surface area contributed by atoms with E-state index in [0.29, 0.717) is 0 Å². The highest BCUT2D eigenvalue weighted by molar-refractivity contribution is 5.80.